The van der Waals surface area contributed by atoms with E-state index in [9.17, 15) is 9.59 Å². The maximum Gasteiger partial charge on any atom is 0.339 e. The molecule has 1 aromatic rings. The van der Waals surface area contributed by atoms with Crippen molar-refractivity contribution in [3.05, 3.63) is 35.4 Å². The number of hydrogen-bond donors (Lipinski definition) is 0. The Bertz CT molecular complexity index is 432. The highest BCUT2D eigenvalue weighted by molar-refractivity contribution is 14.1. The Hall–Kier alpha value is -0.910. The number of ether oxygens (including phenoxy) is 1. The van der Waals surface area contributed by atoms with E-state index in [2.05, 4.69) is 0 Å². The van der Waals surface area contributed by atoms with Gasteiger partial charge in [-0.1, -0.05) is 17.7 Å². The zero-order valence-corrected chi connectivity index (χ0v) is 11.0. The van der Waals surface area contributed by atoms with Crippen LogP contribution in [0.15, 0.2) is 24.3 Å². The molecule has 1 fully saturated rings. The predicted octanol–water partition coefficient (Wildman–Crippen LogP) is 2.65. The van der Waals surface area contributed by atoms with E-state index in [-0.39, 0.29) is 3.79 Å². The lowest BCUT2D eigenvalue weighted by atomic mass is 10.1. The second-order valence-corrected chi connectivity index (χ2v) is 5.00. The number of halogens is 1. The van der Waals surface area contributed by atoms with Crippen LogP contribution in [0, 0.1) is 6.92 Å². The fraction of sp³-hybridized carbons (Fsp3) is 0.333. The topological polar surface area (TPSA) is 43.4 Å². The molecule has 84 valence electrons. The molecule has 0 spiro atoms. The second-order valence-electron chi connectivity index (χ2n) is 4.02. The van der Waals surface area contributed by atoms with Crippen molar-refractivity contribution in [2.45, 2.75) is 25.4 Å². The quantitative estimate of drug-likeness (QED) is 0.486. The monoisotopic (exact) mass is 330 g/mol. The van der Waals surface area contributed by atoms with Gasteiger partial charge in [0.1, 0.15) is 0 Å². The molecule has 0 unspecified atom stereocenters. The van der Waals surface area contributed by atoms with Gasteiger partial charge in [0.05, 0.1) is 5.56 Å². The van der Waals surface area contributed by atoms with Gasteiger partial charge in [-0.15, -0.1) is 0 Å². The third-order valence-corrected chi connectivity index (χ3v) is 3.62. The van der Waals surface area contributed by atoms with Gasteiger partial charge in [0.15, 0.2) is 5.60 Å². The van der Waals surface area contributed by atoms with Crippen molar-refractivity contribution < 1.29 is 14.3 Å². The first-order valence-electron chi connectivity index (χ1n) is 5.03. The van der Waals surface area contributed by atoms with Crippen molar-refractivity contribution in [2.75, 3.05) is 0 Å². The van der Waals surface area contributed by atoms with Crippen LogP contribution in [0.1, 0.15) is 28.8 Å². The Morgan fingerprint density at radius 3 is 2.25 bits per heavy atom. The molecule has 1 aliphatic rings. The van der Waals surface area contributed by atoms with Gasteiger partial charge >= 0.3 is 5.97 Å². The molecule has 3 nitrogen and oxygen atoms in total. The minimum absolute atomic E-state index is 0.0921. The molecule has 0 N–H and O–H groups in total. The lowest BCUT2D eigenvalue weighted by Crippen LogP contribution is -2.25. The summed E-state index contributed by atoms with van der Waals surface area (Å²) in [6, 6.07) is 7.13. The highest BCUT2D eigenvalue weighted by Gasteiger charge is 2.52. The minimum Gasteiger partial charge on any atom is -0.447 e. The summed E-state index contributed by atoms with van der Waals surface area (Å²) in [7, 11) is 0. The second kappa shape index (κ2) is 4.16. The summed E-state index contributed by atoms with van der Waals surface area (Å²) in [6.45, 7) is 1.95. The third kappa shape index (κ3) is 2.26. The number of carbonyl (C=O) groups is 2. The van der Waals surface area contributed by atoms with Gasteiger partial charge in [-0.05, 0) is 31.9 Å². The molecule has 2 rings (SSSR count). The molecule has 0 amide bonds. The first-order chi connectivity index (χ1) is 7.53. The van der Waals surface area contributed by atoms with E-state index in [4.69, 9.17) is 4.74 Å². The van der Waals surface area contributed by atoms with Crippen LogP contribution in [-0.4, -0.2) is 15.4 Å². The van der Waals surface area contributed by atoms with Gasteiger partial charge in [-0.3, -0.25) is 4.79 Å². The Morgan fingerprint density at radius 2 is 1.81 bits per heavy atom. The molecule has 16 heavy (non-hydrogen) atoms. The maximum atomic E-state index is 11.7. The molecular formula is C12H11IO3. The van der Waals surface area contributed by atoms with Crippen molar-refractivity contribution in [1.29, 1.82) is 0 Å². The van der Waals surface area contributed by atoms with Crippen LogP contribution in [0.2, 0.25) is 0 Å². The van der Waals surface area contributed by atoms with Gasteiger partial charge in [0, 0.05) is 22.6 Å². The first kappa shape index (κ1) is 11.6. The molecule has 1 aliphatic carbocycles. The molecule has 4 heteroatoms. The number of aryl methyl sites for hydroxylation is 1. The first-order valence-corrected chi connectivity index (χ1v) is 6.11. The summed E-state index contributed by atoms with van der Waals surface area (Å²) in [5.74, 6) is -0.414. The summed E-state index contributed by atoms with van der Waals surface area (Å²) < 4.78 is 5.15. The average Bonchev–Trinajstić information content (AvgIpc) is 3.00. The van der Waals surface area contributed by atoms with Crippen LogP contribution >= 0.6 is 22.6 Å². The van der Waals surface area contributed by atoms with Crippen molar-refractivity contribution in [3.8, 4) is 0 Å². The summed E-state index contributed by atoms with van der Waals surface area (Å²) in [5, 5.41) is 0. The number of esters is 1. The third-order valence-electron chi connectivity index (χ3n) is 2.64. The number of carbonyl (C=O) groups excluding carboxylic acids is 2. The molecular weight excluding hydrogens is 319 g/mol. The standard InChI is InChI=1S/C12H11IO3/c1-8-2-4-9(5-3-8)10(14)16-12(6-7-12)11(13)15/h2-5H,6-7H2,1H3. The maximum absolute atomic E-state index is 11.7. The predicted molar refractivity (Wildman–Crippen MR) is 67.6 cm³/mol. The fourth-order valence-corrected chi connectivity index (χ4v) is 2.03. The van der Waals surface area contributed by atoms with E-state index < -0.39 is 11.6 Å². The molecule has 0 heterocycles. The normalized spacial score (nSPS) is 16.6. The lowest BCUT2D eigenvalue weighted by molar-refractivity contribution is -0.119. The molecule has 0 aliphatic heterocycles. The van der Waals surface area contributed by atoms with Crippen LogP contribution in [-0.2, 0) is 9.53 Å². The SMILES string of the molecule is Cc1ccc(C(=O)OC2(C(=O)I)CC2)cc1. The van der Waals surface area contributed by atoms with Crippen LogP contribution in [0.25, 0.3) is 0 Å². The Kier molecular flexibility index (Phi) is 3.01. The van der Waals surface area contributed by atoms with Crippen LogP contribution in [0.3, 0.4) is 0 Å². The van der Waals surface area contributed by atoms with E-state index >= 15 is 0 Å². The molecule has 0 radical (unpaired) electrons. The van der Waals surface area contributed by atoms with E-state index in [1.807, 2.05) is 19.1 Å². The fourth-order valence-electron chi connectivity index (χ4n) is 1.38. The lowest BCUT2D eigenvalue weighted by Gasteiger charge is -2.12. The molecule has 1 aromatic carbocycles. The van der Waals surface area contributed by atoms with Gasteiger partial charge < -0.3 is 4.74 Å². The number of rotatable bonds is 3. The highest BCUT2D eigenvalue weighted by Crippen LogP contribution is 2.42. The molecule has 0 aromatic heterocycles. The van der Waals surface area contributed by atoms with Gasteiger partial charge in [-0.25, -0.2) is 4.79 Å². The summed E-state index contributed by atoms with van der Waals surface area (Å²) in [4.78, 5) is 23.0. The Labute approximate surface area is 107 Å². The minimum atomic E-state index is -0.831. The van der Waals surface area contributed by atoms with Crippen molar-refractivity contribution in [2.24, 2.45) is 0 Å². The average molecular weight is 330 g/mol. The number of hydrogen-bond acceptors (Lipinski definition) is 3. The zero-order chi connectivity index (χ0) is 11.8. The Morgan fingerprint density at radius 1 is 1.25 bits per heavy atom. The highest BCUT2D eigenvalue weighted by atomic mass is 127. The van der Waals surface area contributed by atoms with Crippen LogP contribution < -0.4 is 0 Å². The van der Waals surface area contributed by atoms with Gasteiger partial charge in [-0.2, -0.15) is 0 Å². The van der Waals surface area contributed by atoms with E-state index in [0.717, 1.165) is 5.56 Å². The van der Waals surface area contributed by atoms with Gasteiger partial charge in [0.25, 0.3) is 0 Å². The van der Waals surface area contributed by atoms with Crippen LogP contribution in [0.5, 0.6) is 0 Å². The molecule has 0 bridgehead atoms. The summed E-state index contributed by atoms with van der Waals surface area (Å²) >= 11 is 1.69. The molecule has 0 saturated heterocycles. The van der Waals surface area contributed by atoms with Crippen molar-refractivity contribution in [3.63, 3.8) is 0 Å². The number of benzene rings is 1. The van der Waals surface area contributed by atoms with Gasteiger partial charge in [0.2, 0.25) is 3.79 Å². The summed E-state index contributed by atoms with van der Waals surface area (Å²) in [6.07, 6.45) is 1.29. The van der Waals surface area contributed by atoms with Crippen LogP contribution in [0.4, 0.5) is 0 Å². The van der Waals surface area contributed by atoms with E-state index in [1.54, 1.807) is 34.7 Å². The summed E-state index contributed by atoms with van der Waals surface area (Å²) in [5.41, 5.74) is 0.750. The molecule has 0 atom stereocenters. The molecule has 1 saturated carbocycles. The Balaban J connectivity index is 2.09. The zero-order valence-electron chi connectivity index (χ0n) is 8.83. The van der Waals surface area contributed by atoms with E-state index in [0.29, 0.717) is 18.4 Å². The van der Waals surface area contributed by atoms with Crippen molar-refractivity contribution >= 4 is 32.4 Å². The van der Waals surface area contributed by atoms with Crippen molar-refractivity contribution in [1.82, 2.24) is 0 Å². The van der Waals surface area contributed by atoms with E-state index in [1.165, 1.54) is 0 Å². The largest absolute Gasteiger partial charge is 0.447 e. The smallest absolute Gasteiger partial charge is 0.339 e.